The summed E-state index contributed by atoms with van der Waals surface area (Å²) in [6.07, 6.45) is 6.83. The molecule has 0 spiro atoms. The van der Waals surface area contributed by atoms with Gasteiger partial charge in [0.1, 0.15) is 30.8 Å². The highest BCUT2D eigenvalue weighted by Gasteiger charge is 2.65. The highest BCUT2D eigenvalue weighted by Crippen LogP contribution is 2.62. The summed E-state index contributed by atoms with van der Waals surface area (Å²) in [6.45, 7) is 4.43. The number of oxime groups is 1. The van der Waals surface area contributed by atoms with Crippen LogP contribution in [0.15, 0.2) is 133 Å². The summed E-state index contributed by atoms with van der Waals surface area (Å²) in [5.74, 6) is -1.84. The molecule has 3 N–H and O–H groups in total. The van der Waals surface area contributed by atoms with Crippen molar-refractivity contribution in [2.45, 2.75) is 82.5 Å². The first-order valence-corrected chi connectivity index (χ1v) is 22.5. The molecule has 4 aromatic carbocycles. The Morgan fingerprint density at radius 1 is 0.924 bits per heavy atom. The van der Waals surface area contributed by atoms with E-state index >= 15 is 0 Å². The first-order valence-electron chi connectivity index (χ1n) is 22.5. The lowest BCUT2D eigenvalue weighted by molar-refractivity contribution is -0.384. The fourth-order valence-electron chi connectivity index (χ4n) is 9.55. The van der Waals surface area contributed by atoms with Crippen LogP contribution in [0.2, 0.25) is 0 Å². The average molecular weight is 903 g/mol. The van der Waals surface area contributed by atoms with Crippen molar-refractivity contribution < 1.29 is 48.5 Å². The molecule has 4 aromatic rings. The standard InChI is InChI=1S/C51H58N4O11/c1-3-28-63-51-46(54(2)50(59)62-33-36-16-8-5-9-17-36)31-44(53-64-34-37-20-22-39(23-21-37)55(60)61)42-29-38(18-10-12-26-56)41(19-11-13-27-57)47(48(42)51)43-30-40(24-25-45(43)66-51)65-49(58)52-32-35-14-6-4-7-15-35/h3-9,14-17,20-25,29-30,38,41,46-48,56-57H,1,10-13,18-19,26-28,31-34H2,2H3,(H,52,58)/t38-,41+,46-,47+,48+,51+/m0/s1. The van der Waals surface area contributed by atoms with Gasteiger partial charge in [0.2, 0.25) is 5.79 Å². The fourth-order valence-corrected chi connectivity index (χ4v) is 9.55. The number of nitro benzene ring substituents is 1. The highest BCUT2D eigenvalue weighted by molar-refractivity contribution is 6.03. The van der Waals surface area contributed by atoms with Crippen LogP contribution in [0.5, 0.6) is 11.5 Å². The SMILES string of the molecule is C=CCO[C@@]12Oc3ccc(OC(=O)NCc4ccccc4)cc3[C@H]3[C@H](CCCCO)[C@@H](CCCCO)C=C(C(=NOCc4ccc([N+](=O)[O-])cc4)C[C@@H]1N(C)C(=O)OCc1ccccc1)[C@H]32. The molecule has 348 valence electrons. The van der Waals surface area contributed by atoms with Gasteiger partial charge in [-0.25, -0.2) is 9.59 Å². The van der Waals surface area contributed by atoms with Gasteiger partial charge < -0.3 is 44.2 Å². The number of allylic oxidation sites excluding steroid dienone is 1. The van der Waals surface area contributed by atoms with Crippen molar-refractivity contribution in [3.05, 3.63) is 160 Å². The molecule has 0 bridgehead atoms. The van der Waals surface area contributed by atoms with Gasteiger partial charge in [0.15, 0.2) is 0 Å². The van der Waals surface area contributed by atoms with Crippen LogP contribution in [0.4, 0.5) is 15.3 Å². The quantitative estimate of drug-likeness (QED) is 0.0313. The summed E-state index contributed by atoms with van der Waals surface area (Å²) >= 11 is 0. The van der Waals surface area contributed by atoms with Crippen LogP contribution in [0.25, 0.3) is 0 Å². The van der Waals surface area contributed by atoms with Crippen molar-refractivity contribution in [2.24, 2.45) is 22.9 Å². The zero-order valence-corrected chi connectivity index (χ0v) is 37.2. The van der Waals surface area contributed by atoms with Crippen LogP contribution >= 0.6 is 0 Å². The number of amides is 2. The number of carbonyl (C=O) groups is 2. The molecule has 2 amide bonds. The first-order chi connectivity index (χ1) is 32.1. The Balaban J connectivity index is 1.34. The predicted octanol–water partition coefficient (Wildman–Crippen LogP) is 8.99. The summed E-state index contributed by atoms with van der Waals surface area (Å²) in [6, 6.07) is 29.4. The molecular formula is C51H58N4O11. The molecule has 0 saturated heterocycles. The van der Waals surface area contributed by atoms with Crippen molar-refractivity contribution in [1.82, 2.24) is 10.2 Å². The number of carbonyl (C=O) groups excluding carboxylic acids is 2. The maximum absolute atomic E-state index is 14.2. The Morgan fingerprint density at radius 2 is 1.61 bits per heavy atom. The van der Waals surface area contributed by atoms with Gasteiger partial charge in [0, 0.05) is 56.8 Å². The van der Waals surface area contributed by atoms with Crippen molar-refractivity contribution in [3.63, 3.8) is 0 Å². The molecule has 6 atom stereocenters. The van der Waals surface area contributed by atoms with E-state index in [1.165, 1.54) is 17.0 Å². The molecule has 7 rings (SSSR count). The smallest absolute Gasteiger partial charge is 0.412 e. The Bertz CT molecular complexity index is 2340. The van der Waals surface area contributed by atoms with Crippen LogP contribution in [-0.2, 0) is 34.1 Å². The topological polar surface area (TPSA) is 192 Å². The lowest BCUT2D eigenvalue weighted by Crippen LogP contribution is -2.69. The minimum Gasteiger partial charge on any atom is -0.459 e. The molecule has 1 heterocycles. The van der Waals surface area contributed by atoms with Gasteiger partial charge in [-0.05, 0) is 90.1 Å². The molecule has 1 saturated carbocycles. The third kappa shape index (κ3) is 11.1. The van der Waals surface area contributed by atoms with Crippen LogP contribution < -0.4 is 14.8 Å². The van der Waals surface area contributed by atoms with E-state index in [0.29, 0.717) is 48.5 Å². The van der Waals surface area contributed by atoms with Crippen LogP contribution in [-0.4, -0.2) is 76.6 Å². The number of nitrogens with one attached hydrogen (secondary N) is 1. The monoisotopic (exact) mass is 902 g/mol. The van der Waals surface area contributed by atoms with E-state index in [0.717, 1.165) is 35.1 Å². The van der Waals surface area contributed by atoms with Gasteiger partial charge >= 0.3 is 12.2 Å². The highest BCUT2D eigenvalue weighted by atomic mass is 16.7. The van der Waals surface area contributed by atoms with E-state index in [4.69, 9.17) is 28.9 Å². The van der Waals surface area contributed by atoms with E-state index in [1.807, 2.05) is 66.7 Å². The number of hydrogen-bond acceptors (Lipinski definition) is 12. The van der Waals surface area contributed by atoms with Crippen molar-refractivity contribution in [3.8, 4) is 11.5 Å². The van der Waals surface area contributed by atoms with E-state index < -0.39 is 34.9 Å². The summed E-state index contributed by atoms with van der Waals surface area (Å²) in [5, 5.41) is 38.8. The number of likely N-dealkylation sites (N-methyl/N-ethyl adjacent to an activating group) is 1. The number of benzene rings is 4. The number of unbranched alkanes of at least 4 members (excludes halogenated alkanes) is 2. The average Bonchev–Trinajstić information content (AvgIpc) is 3.33. The summed E-state index contributed by atoms with van der Waals surface area (Å²) in [4.78, 5) is 46.0. The molecule has 3 aliphatic rings. The van der Waals surface area contributed by atoms with Crippen LogP contribution in [0, 0.1) is 27.9 Å². The largest absolute Gasteiger partial charge is 0.459 e. The van der Waals surface area contributed by atoms with E-state index in [9.17, 15) is 29.9 Å². The molecule has 66 heavy (non-hydrogen) atoms. The van der Waals surface area contributed by atoms with Gasteiger partial charge in [-0.15, -0.1) is 6.58 Å². The lowest BCUT2D eigenvalue weighted by atomic mass is 9.55. The van der Waals surface area contributed by atoms with E-state index in [-0.39, 0.29) is 69.4 Å². The maximum Gasteiger partial charge on any atom is 0.412 e. The minimum atomic E-state index is -1.53. The molecule has 15 heteroatoms. The second kappa shape index (κ2) is 22.6. The normalized spacial score (nSPS) is 22.1. The molecule has 0 unspecified atom stereocenters. The van der Waals surface area contributed by atoms with Crippen LogP contribution in [0.3, 0.4) is 0 Å². The lowest BCUT2D eigenvalue weighted by Gasteiger charge is -2.59. The predicted molar refractivity (Wildman–Crippen MR) is 247 cm³/mol. The molecule has 0 aromatic heterocycles. The molecule has 2 aliphatic carbocycles. The Morgan fingerprint density at radius 3 is 2.29 bits per heavy atom. The number of aliphatic hydroxyl groups is 2. The number of nitro groups is 1. The minimum absolute atomic E-state index is 0.0106. The Kier molecular flexibility index (Phi) is 16.2. The third-order valence-corrected chi connectivity index (χ3v) is 12.6. The first kappa shape index (κ1) is 47.4. The maximum atomic E-state index is 14.2. The number of hydrogen-bond donors (Lipinski definition) is 3. The summed E-state index contributed by atoms with van der Waals surface area (Å²) < 4.78 is 26.0. The fraction of sp³-hybridized carbons (Fsp3) is 0.392. The van der Waals surface area contributed by atoms with Crippen molar-refractivity contribution in [2.75, 3.05) is 26.9 Å². The summed E-state index contributed by atoms with van der Waals surface area (Å²) in [5.41, 5.74) is 4.49. The molecule has 15 nitrogen and oxygen atoms in total. The zero-order valence-electron chi connectivity index (χ0n) is 37.2. The van der Waals surface area contributed by atoms with Gasteiger partial charge in [-0.3, -0.25) is 10.1 Å². The van der Waals surface area contributed by atoms with Crippen molar-refractivity contribution >= 4 is 23.6 Å². The van der Waals surface area contributed by atoms with Crippen molar-refractivity contribution in [1.29, 1.82) is 0 Å². The summed E-state index contributed by atoms with van der Waals surface area (Å²) in [7, 11) is 1.65. The number of nitrogens with zero attached hydrogens (tertiary/aromatic N) is 3. The van der Waals surface area contributed by atoms with Crippen LogP contribution in [0.1, 0.15) is 73.1 Å². The van der Waals surface area contributed by atoms with E-state index in [1.54, 1.807) is 37.4 Å². The van der Waals surface area contributed by atoms with Gasteiger partial charge in [-0.2, -0.15) is 0 Å². The Hall–Kier alpha value is -6.55. The van der Waals surface area contributed by atoms with E-state index in [2.05, 4.69) is 18.0 Å². The number of aliphatic hydroxyl groups excluding tert-OH is 2. The number of fused-ring (bicyclic) bond motifs is 2. The second-order valence-corrected chi connectivity index (χ2v) is 16.8. The zero-order chi connectivity index (χ0) is 46.5. The molecule has 1 aliphatic heterocycles. The molecule has 0 radical (unpaired) electrons. The van der Waals surface area contributed by atoms with Gasteiger partial charge in [-0.1, -0.05) is 90.8 Å². The van der Waals surface area contributed by atoms with Gasteiger partial charge in [0.25, 0.3) is 5.69 Å². The van der Waals surface area contributed by atoms with Gasteiger partial charge in [0.05, 0.1) is 23.2 Å². The molecule has 1 fully saturated rings. The Labute approximate surface area is 384 Å². The number of rotatable bonds is 21. The number of ether oxygens (including phenoxy) is 4. The molecular weight excluding hydrogens is 845 g/mol. The third-order valence-electron chi connectivity index (χ3n) is 12.6. The number of non-ortho nitro benzene ring substituents is 1. The second-order valence-electron chi connectivity index (χ2n) is 16.8.